The molecule has 9 heterocycles. The van der Waals surface area contributed by atoms with Crippen LogP contribution in [0.5, 0.6) is 0 Å². The Morgan fingerprint density at radius 3 is 1.44 bits per heavy atom. The van der Waals surface area contributed by atoms with Crippen LogP contribution in [0, 0.1) is 69.5 Å². The molecular formula is C89H129ClN23O13PS6. The number of fused-ring (bicyclic) bond motifs is 3. The summed E-state index contributed by atoms with van der Waals surface area (Å²) in [5, 5.41) is 56.8. The van der Waals surface area contributed by atoms with Crippen molar-refractivity contribution in [3.63, 3.8) is 0 Å². The van der Waals surface area contributed by atoms with Gasteiger partial charge in [-0.25, -0.2) is 74.2 Å². The first-order valence-electron chi connectivity index (χ1n) is 42.0. The molecule has 1 aliphatic rings. The maximum Gasteiger partial charge on any atom is 0.410 e. The number of aldehydes is 1. The molecule has 0 saturated heterocycles. The van der Waals surface area contributed by atoms with Gasteiger partial charge in [-0.15, -0.1) is 8.58 Å². The molecule has 1 amide bonds. The third-order valence-electron chi connectivity index (χ3n) is 16.2. The number of pyridine rings is 2. The number of carbonyl (C=O) groups is 5. The molecule has 44 heteroatoms. The molecule has 0 spiro atoms. The number of nitrogens with one attached hydrogen (secondary N) is 3. The number of halogens is 1. The Hall–Kier alpha value is -10.3. The Bertz CT molecular complexity index is 5460. The minimum absolute atomic E-state index is 0.0326. The van der Waals surface area contributed by atoms with Crippen LogP contribution in [0.1, 0.15) is 183 Å². The molecule has 0 fully saturated rings. The fourth-order valence-corrected chi connectivity index (χ4v) is 12.4. The number of ether oxygens (including phenoxy) is 3. The van der Waals surface area contributed by atoms with Crippen LogP contribution in [0.3, 0.4) is 0 Å². The van der Waals surface area contributed by atoms with Crippen LogP contribution in [0.2, 0.25) is 5.15 Å². The lowest BCUT2D eigenvalue weighted by Gasteiger charge is -2.31. The molecule has 0 bridgehead atoms. The molecular weight excluding hydrogens is 1860 g/mol. The number of nitrogens with two attached hydrogens (primary N) is 2. The van der Waals surface area contributed by atoms with Crippen molar-refractivity contribution in [2.24, 2.45) is 41.2 Å². The van der Waals surface area contributed by atoms with Gasteiger partial charge in [0.1, 0.15) is 80.3 Å². The number of carboxylic acid groups (broad SMARTS) is 1. The highest BCUT2D eigenvalue weighted by molar-refractivity contribution is 7.99. The third kappa shape index (κ3) is 46.0. The summed E-state index contributed by atoms with van der Waals surface area (Å²) < 4.78 is 29.6. The highest BCUT2D eigenvalue weighted by Crippen LogP contribution is 2.26. The lowest BCUT2D eigenvalue weighted by atomic mass is 9.99. The topological polar surface area (TPSA) is 532 Å². The van der Waals surface area contributed by atoms with E-state index in [2.05, 4.69) is 144 Å². The molecule has 1 unspecified atom stereocenters. The monoisotopic (exact) mass is 1990 g/mol. The SMILES string of the molecule is CC(C)(C)OC(=O)N1CCc2cc(N)ccc2C1.CC(C)CN.CC(C)Cn1c(=O)c(C#N)cc2cnc(S(C)=O)nc21.CCOC(=O)c1cnc(SC)nc1Cl.CCOC(=O)c1cnc(SC)nc1NCC(C)C.CPC.CSc1ncc(C=O)c(NCC(C)C)n1.CSc1ncc(CO)c(NCC(C)C)n1.CSc1ncc2cc(C#N)c(=O)n(CC(C)C)c2n1.N#CCC(=O)O. The molecule has 0 radical (unpaired) electrons. The van der Waals surface area contributed by atoms with Gasteiger partial charge in [-0.05, 0) is 163 Å². The second-order valence-electron chi connectivity index (χ2n) is 31.6. The average Bonchev–Trinajstić information content (AvgIpc) is 0.800. The van der Waals surface area contributed by atoms with E-state index < -0.39 is 40.7 Å². The number of hydrogen-bond donors (Lipinski definition) is 7. The number of anilines is 4. The predicted octanol–water partition coefficient (Wildman–Crippen LogP) is 15.5. The minimum Gasteiger partial charge on any atom is -0.480 e. The van der Waals surface area contributed by atoms with Gasteiger partial charge >= 0.3 is 24.0 Å². The Morgan fingerprint density at radius 2 is 1.03 bits per heavy atom. The van der Waals surface area contributed by atoms with Gasteiger partial charge in [0.2, 0.25) is 5.16 Å². The van der Waals surface area contributed by atoms with Crippen LogP contribution < -0.4 is 38.5 Å². The number of benzene rings is 1. The van der Waals surface area contributed by atoms with Crippen LogP contribution in [-0.2, 0) is 62.5 Å². The van der Waals surface area contributed by atoms with Crippen molar-refractivity contribution < 1.29 is 52.6 Å². The van der Waals surface area contributed by atoms with Gasteiger partial charge in [0.15, 0.2) is 32.1 Å². The second-order valence-corrected chi connectivity index (χ2v) is 38.1. The first-order chi connectivity index (χ1) is 62.9. The van der Waals surface area contributed by atoms with E-state index in [9.17, 15) is 37.8 Å². The number of nitriles is 3. The number of aliphatic hydroxyl groups is 1. The summed E-state index contributed by atoms with van der Waals surface area (Å²) in [5.41, 5.74) is 16.0. The van der Waals surface area contributed by atoms with Gasteiger partial charge in [-0.1, -0.05) is 160 Å². The molecule has 1 atom stereocenters. The van der Waals surface area contributed by atoms with Crippen molar-refractivity contribution in [3.05, 3.63) is 138 Å². The number of aliphatic hydroxyl groups excluding tert-OH is 1. The summed E-state index contributed by atoms with van der Waals surface area (Å²) in [5.74, 6) is 2.64. The van der Waals surface area contributed by atoms with E-state index in [4.69, 9.17) is 63.3 Å². The maximum atomic E-state index is 12.2. The summed E-state index contributed by atoms with van der Waals surface area (Å²) in [4.78, 5) is 131. The van der Waals surface area contributed by atoms with E-state index in [1.54, 1.807) is 48.0 Å². The summed E-state index contributed by atoms with van der Waals surface area (Å²) >= 11 is 12.9. The molecule has 133 heavy (non-hydrogen) atoms. The van der Waals surface area contributed by atoms with Crippen molar-refractivity contribution in [1.29, 1.82) is 15.8 Å². The van der Waals surface area contributed by atoms with Crippen LogP contribution in [0.25, 0.3) is 22.1 Å². The number of esters is 2. The Kier molecular flexibility index (Phi) is 59.3. The molecule has 726 valence electrons. The highest BCUT2D eigenvalue weighted by Gasteiger charge is 2.27. The molecule has 9 N–H and O–H groups in total. The summed E-state index contributed by atoms with van der Waals surface area (Å²) in [6.07, 6.45) is 21.1. The summed E-state index contributed by atoms with van der Waals surface area (Å²) in [6.45, 7) is 44.3. The minimum atomic E-state index is -1.32. The van der Waals surface area contributed by atoms with E-state index in [1.165, 1.54) is 106 Å². The number of carboxylic acids is 1. The van der Waals surface area contributed by atoms with Crippen LogP contribution in [0.4, 0.5) is 27.9 Å². The lowest BCUT2D eigenvalue weighted by molar-refractivity contribution is -0.135. The summed E-state index contributed by atoms with van der Waals surface area (Å²) in [6, 6.07) is 14.2. The fraction of sp³-hybridized carbons (Fsp3) is 0.506. The van der Waals surface area contributed by atoms with Crippen LogP contribution >= 0.6 is 79.0 Å². The first-order valence-corrected chi connectivity index (χ1v) is 52.1. The maximum absolute atomic E-state index is 12.2. The average molecular weight is 1990 g/mol. The smallest absolute Gasteiger partial charge is 0.410 e. The standard InChI is InChI=1S/C14H20N2O2.C13H14N4O2S.C13H14N4OS.C12H19N3O2S.C10H17N3OS.C10H15N3OS.C8H9ClN2O2S.C4H11N.C3H3NO2.C2H7P/c1-14(2,3)18-13(17)16-7-6-10-8-12(15)5-4-11(10)9-16;1-8(2)7-17-11-10(4-9(5-14)12(17)18)6-15-13(16-11)20(3)19;1-8(2)7-17-11-10(4-9(5-14)12(17)18)6-15-13(16-11)19-3;1-5-17-11(16)9-7-14-12(18-4)15-10(9)13-6-8(2)3;2*1-7(2)4-11-9-8(6-14)5-12-10(13-9)15-3;1-3-13-7(12)5-4-10-8(14-2)11-6(5)9;1-4(2)3-5;4-2-1-3(5)6;1-3-2/h4-5,8H,6-7,9,15H2,1-3H3;4,6,8H,7H2,1-3H3;4,6,8H,7H2,1-3H3;7-8H,5-6H2,1-4H3,(H,13,14,15);5,7,14H,4,6H2,1-3H3,(H,11,12,13);5-7H,4H2,1-3H3,(H,11,12,13);4H,3H2,1-2H3;4H,3,5H2,1-2H3;1H2,(H,5,6);3H,1-2H3. The Labute approximate surface area is 811 Å². The second kappa shape index (κ2) is 65.3. The largest absolute Gasteiger partial charge is 0.480 e. The van der Waals surface area contributed by atoms with Crippen molar-refractivity contribution in [2.45, 2.75) is 193 Å². The predicted molar refractivity (Wildman–Crippen MR) is 537 cm³/mol. The van der Waals surface area contributed by atoms with Gasteiger partial charge in [0.05, 0.1) is 42.3 Å². The molecule has 36 nitrogen and oxygen atoms in total. The van der Waals surface area contributed by atoms with Gasteiger partial charge in [-0.2, -0.15) is 15.8 Å². The van der Waals surface area contributed by atoms with Crippen LogP contribution in [-0.4, -0.2) is 221 Å². The molecule has 0 aliphatic carbocycles. The number of aromatic nitrogens is 14. The van der Waals surface area contributed by atoms with Crippen molar-refractivity contribution in [2.75, 3.05) is 118 Å². The van der Waals surface area contributed by atoms with Crippen molar-refractivity contribution >= 4 is 165 Å². The number of nitrogens with zero attached hydrogens (tertiary/aromatic N) is 18. The molecule has 9 aromatic rings. The zero-order valence-electron chi connectivity index (χ0n) is 80.5. The molecule has 1 aliphatic heterocycles. The summed E-state index contributed by atoms with van der Waals surface area (Å²) in [7, 11) is -0.239. The van der Waals surface area contributed by atoms with E-state index in [0.717, 1.165) is 80.6 Å². The van der Waals surface area contributed by atoms with Crippen LogP contribution in [0.15, 0.2) is 108 Å². The zero-order chi connectivity index (χ0) is 101. The van der Waals surface area contributed by atoms with Gasteiger partial charge in [0.25, 0.3) is 11.1 Å². The van der Waals surface area contributed by atoms with E-state index >= 15 is 0 Å². The van der Waals surface area contributed by atoms with Gasteiger partial charge < -0.3 is 56.7 Å². The quantitative estimate of drug-likeness (QED) is 0.00367. The highest BCUT2D eigenvalue weighted by atomic mass is 35.5. The van der Waals surface area contributed by atoms with Gasteiger partial charge in [0, 0.05) is 111 Å². The number of thioether (sulfide) groups is 5. The number of aliphatic carboxylic acids is 1. The number of carbonyl (C=O) groups excluding carboxylic acids is 4. The van der Waals surface area contributed by atoms with Crippen molar-refractivity contribution in [1.82, 2.24) is 73.8 Å². The third-order valence-corrected chi connectivity index (χ3v) is 20.0. The van der Waals surface area contributed by atoms with E-state index in [1.807, 2.05) is 110 Å². The van der Waals surface area contributed by atoms with E-state index in [0.29, 0.717) is 129 Å². The molecule has 10 rings (SSSR count). The number of rotatable bonds is 27. The normalized spacial score (nSPS) is 11.1. The van der Waals surface area contributed by atoms with Gasteiger partial charge in [-0.3, -0.25) is 32.5 Å². The fourth-order valence-electron chi connectivity index (χ4n) is 9.98. The van der Waals surface area contributed by atoms with E-state index in [-0.39, 0.29) is 56.7 Å². The Balaban J connectivity index is 0.000000759. The number of amides is 1. The lowest BCUT2D eigenvalue weighted by Crippen LogP contribution is -2.39. The molecule has 0 saturated carbocycles. The molecule has 8 aromatic heterocycles. The molecule has 1 aromatic carbocycles. The number of hydrogen-bond acceptors (Lipinski definition) is 37. The Morgan fingerprint density at radius 1 is 0.609 bits per heavy atom. The first kappa shape index (κ1) is 121. The zero-order valence-corrected chi connectivity index (χ0v) is 87.2. The number of nitrogen functional groups attached to an aromatic ring is 1. The van der Waals surface area contributed by atoms with Crippen molar-refractivity contribution in [3.8, 4) is 18.2 Å².